The Morgan fingerprint density at radius 1 is 1.16 bits per heavy atom. The van der Waals surface area contributed by atoms with Crippen LogP contribution in [0.25, 0.3) is 10.9 Å². The fourth-order valence-corrected chi connectivity index (χ4v) is 4.63. The van der Waals surface area contributed by atoms with Crippen molar-refractivity contribution >= 4 is 39.0 Å². The van der Waals surface area contributed by atoms with Gasteiger partial charge in [-0.05, 0) is 38.1 Å². The van der Waals surface area contributed by atoms with Gasteiger partial charge in [0.25, 0.3) is 5.91 Å². The van der Waals surface area contributed by atoms with Crippen LogP contribution in [0.3, 0.4) is 0 Å². The summed E-state index contributed by atoms with van der Waals surface area (Å²) in [6.07, 6.45) is 1.42. The molecular weight excluding hydrogens is 422 g/mol. The Morgan fingerprint density at radius 2 is 2.03 bits per heavy atom. The van der Waals surface area contributed by atoms with Crippen molar-refractivity contribution in [3.05, 3.63) is 76.7 Å². The van der Waals surface area contributed by atoms with Gasteiger partial charge < -0.3 is 15.0 Å². The first-order chi connectivity index (χ1) is 15.6. The van der Waals surface area contributed by atoms with Crippen molar-refractivity contribution in [1.29, 1.82) is 0 Å². The number of thiazole rings is 1. The number of morpholine rings is 1. The van der Waals surface area contributed by atoms with E-state index in [-0.39, 0.29) is 12.0 Å². The lowest BCUT2D eigenvalue weighted by molar-refractivity contribution is -0.0246. The number of nitrogens with one attached hydrogen (secondary N) is 1. The molecule has 1 amide bonds. The van der Waals surface area contributed by atoms with Crippen LogP contribution < -0.4 is 5.32 Å². The summed E-state index contributed by atoms with van der Waals surface area (Å²) in [6, 6.07) is 13.5. The molecule has 1 aliphatic heterocycles. The minimum atomic E-state index is -0.297. The number of hydrogen-bond donors (Lipinski definition) is 1. The van der Waals surface area contributed by atoms with Gasteiger partial charge in [-0.1, -0.05) is 18.2 Å². The molecule has 7 nitrogen and oxygen atoms in total. The number of hydrogen-bond acceptors (Lipinski definition) is 7. The van der Waals surface area contributed by atoms with Gasteiger partial charge in [-0.2, -0.15) is 0 Å². The molecule has 1 saturated heterocycles. The quantitative estimate of drug-likeness (QED) is 0.492. The summed E-state index contributed by atoms with van der Waals surface area (Å²) in [6.45, 7) is 5.36. The molecule has 1 atom stereocenters. The number of fused-ring (bicyclic) bond motifs is 1. The van der Waals surface area contributed by atoms with Gasteiger partial charge in [0.05, 0.1) is 35.6 Å². The van der Waals surface area contributed by atoms with Gasteiger partial charge in [0.2, 0.25) is 0 Å². The normalized spacial score (nSPS) is 16.3. The van der Waals surface area contributed by atoms with Crippen molar-refractivity contribution in [3.8, 4) is 0 Å². The number of aromatic nitrogens is 3. The lowest BCUT2D eigenvalue weighted by Crippen LogP contribution is -2.42. The van der Waals surface area contributed by atoms with Crippen molar-refractivity contribution in [1.82, 2.24) is 19.9 Å². The zero-order valence-electron chi connectivity index (χ0n) is 17.9. The molecule has 1 fully saturated rings. The van der Waals surface area contributed by atoms with E-state index < -0.39 is 0 Å². The summed E-state index contributed by atoms with van der Waals surface area (Å²) in [7, 11) is 0. The predicted octanol–water partition coefficient (Wildman–Crippen LogP) is 4.66. The number of anilines is 2. The fraction of sp³-hybridized carbons (Fsp3) is 0.250. The molecule has 3 aromatic heterocycles. The van der Waals surface area contributed by atoms with Crippen LogP contribution in [-0.4, -0.2) is 45.5 Å². The molecule has 1 N–H and O–H groups in total. The molecule has 8 heteroatoms. The highest BCUT2D eigenvalue weighted by Gasteiger charge is 2.28. The highest BCUT2D eigenvalue weighted by Crippen LogP contribution is 2.28. The molecule has 4 heterocycles. The standard InChI is InChI=1S/C24H23N5O2S/c1-15-11-18(28-24-27-16(2)14-32-24)12-20(26-15)21-13-29(9-10-31-21)23(30)19-7-3-5-17-6-4-8-25-22(17)19/h3-8,11-12,14,21H,9-10,13H2,1-2H3,(H,26,27,28). The van der Waals surface area contributed by atoms with E-state index in [1.807, 2.05) is 66.6 Å². The second-order valence-electron chi connectivity index (χ2n) is 7.83. The lowest BCUT2D eigenvalue weighted by Gasteiger charge is -2.33. The Labute approximate surface area is 190 Å². The first-order valence-electron chi connectivity index (χ1n) is 10.5. The first kappa shape index (κ1) is 20.5. The third kappa shape index (κ3) is 4.19. The topological polar surface area (TPSA) is 80.2 Å². The first-order valence-corrected chi connectivity index (χ1v) is 11.4. The second-order valence-corrected chi connectivity index (χ2v) is 8.69. The van der Waals surface area contributed by atoms with Crippen molar-refractivity contribution in [2.75, 3.05) is 25.0 Å². The maximum absolute atomic E-state index is 13.4. The number of pyridine rings is 2. The summed E-state index contributed by atoms with van der Waals surface area (Å²) in [5.41, 5.74) is 4.91. The minimum Gasteiger partial charge on any atom is -0.368 e. The van der Waals surface area contributed by atoms with Gasteiger partial charge in [-0.3, -0.25) is 14.8 Å². The number of carbonyl (C=O) groups is 1. The minimum absolute atomic E-state index is 0.0353. The Kier molecular flexibility index (Phi) is 5.55. The smallest absolute Gasteiger partial charge is 0.256 e. The highest BCUT2D eigenvalue weighted by atomic mass is 32.1. The number of amides is 1. The molecule has 0 bridgehead atoms. The lowest BCUT2D eigenvalue weighted by atomic mass is 10.1. The molecule has 5 rings (SSSR count). The van der Waals surface area contributed by atoms with Gasteiger partial charge in [-0.25, -0.2) is 4.98 Å². The highest BCUT2D eigenvalue weighted by molar-refractivity contribution is 7.13. The van der Waals surface area contributed by atoms with E-state index >= 15 is 0 Å². The average molecular weight is 446 g/mol. The van der Waals surface area contributed by atoms with E-state index in [0.29, 0.717) is 25.3 Å². The maximum Gasteiger partial charge on any atom is 0.256 e. The van der Waals surface area contributed by atoms with E-state index in [0.717, 1.165) is 38.8 Å². The zero-order chi connectivity index (χ0) is 22.1. The number of aryl methyl sites for hydroxylation is 2. The summed E-state index contributed by atoms with van der Waals surface area (Å²) >= 11 is 1.56. The molecule has 162 valence electrons. The number of para-hydroxylation sites is 1. The molecule has 0 aliphatic carbocycles. The Hall–Kier alpha value is -3.36. The van der Waals surface area contributed by atoms with E-state index in [1.165, 1.54) is 0 Å². The van der Waals surface area contributed by atoms with E-state index in [4.69, 9.17) is 4.74 Å². The van der Waals surface area contributed by atoms with Gasteiger partial charge in [-0.15, -0.1) is 11.3 Å². The molecule has 1 aliphatic rings. The van der Waals surface area contributed by atoms with Crippen molar-refractivity contribution < 1.29 is 9.53 Å². The molecule has 1 aromatic carbocycles. The van der Waals surface area contributed by atoms with E-state index in [9.17, 15) is 4.79 Å². The van der Waals surface area contributed by atoms with Crippen LogP contribution in [0, 0.1) is 13.8 Å². The number of nitrogens with zero attached hydrogens (tertiary/aromatic N) is 4. The second kappa shape index (κ2) is 8.64. The largest absolute Gasteiger partial charge is 0.368 e. The molecule has 32 heavy (non-hydrogen) atoms. The number of carbonyl (C=O) groups excluding carboxylic acids is 1. The van der Waals surface area contributed by atoms with Crippen molar-refractivity contribution in [3.63, 3.8) is 0 Å². The molecule has 0 radical (unpaired) electrons. The van der Waals surface area contributed by atoms with Crippen LogP contribution >= 0.6 is 11.3 Å². The molecule has 4 aromatic rings. The summed E-state index contributed by atoms with van der Waals surface area (Å²) in [4.78, 5) is 28.8. The van der Waals surface area contributed by atoms with Crippen molar-refractivity contribution in [2.24, 2.45) is 0 Å². The summed E-state index contributed by atoms with van der Waals surface area (Å²) in [5, 5.41) is 7.15. The van der Waals surface area contributed by atoms with Crippen LogP contribution in [0.15, 0.2) is 54.0 Å². The number of rotatable bonds is 4. The summed E-state index contributed by atoms with van der Waals surface area (Å²) in [5.74, 6) is -0.0353. The maximum atomic E-state index is 13.4. The van der Waals surface area contributed by atoms with Gasteiger partial charge >= 0.3 is 0 Å². The third-order valence-corrected chi connectivity index (χ3v) is 6.27. The van der Waals surface area contributed by atoms with Crippen LogP contribution in [0.5, 0.6) is 0 Å². The molecule has 0 saturated carbocycles. The van der Waals surface area contributed by atoms with Crippen LogP contribution in [-0.2, 0) is 4.74 Å². The summed E-state index contributed by atoms with van der Waals surface area (Å²) < 4.78 is 6.02. The van der Waals surface area contributed by atoms with Crippen molar-refractivity contribution in [2.45, 2.75) is 20.0 Å². The SMILES string of the molecule is Cc1cc(Nc2nc(C)cs2)cc(C2CN(C(=O)c3cccc4cccnc34)CCO2)n1. The number of benzene rings is 1. The Morgan fingerprint density at radius 3 is 2.88 bits per heavy atom. The van der Waals surface area contributed by atoms with Crippen LogP contribution in [0.4, 0.5) is 10.8 Å². The van der Waals surface area contributed by atoms with E-state index in [2.05, 4.69) is 20.3 Å². The number of ether oxygens (including phenoxy) is 1. The average Bonchev–Trinajstić information content (AvgIpc) is 3.22. The van der Waals surface area contributed by atoms with Gasteiger partial charge in [0, 0.05) is 34.9 Å². The van der Waals surface area contributed by atoms with Crippen LogP contribution in [0.1, 0.15) is 33.5 Å². The van der Waals surface area contributed by atoms with Gasteiger partial charge in [0.1, 0.15) is 6.10 Å². The zero-order valence-corrected chi connectivity index (χ0v) is 18.7. The van der Waals surface area contributed by atoms with Crippen LogP contribution in [0.2, 0.25) is 0 Å². The van der Waals surface area contributed by atoms with E-state index in [1.54, 1.807) is 17.5 Å². The fourth-order valence-electron chi connectivity index (χ4n) is 3.93. The predicted molar refractivity (Wildman–Crippen MR) is 125 cm³/mol. The molecule has 0 spiro atoms. The molecule has 1 unspecified atom stereocenters. The third-order valence-electron chi connectivity index (χ3n) is 5.39. The Bertz CT molecular complexity index is 1280. The monoisotopic (exact) mass is 445 g/mol. The molecular formula is C24H23N5O2S. The van der Waals surface area contributed by atoms with Gasteiger partial charge in [0.15, 0.2) is 5.13 Å². The Balaban J connectivity index is 1.38.